The first-order valence-corrected chi connectivity index (χ1v) is 12.4. The molecule has 36 heavy (non-hydrogen) atoms. The summed E-state index contributed by atoms with van der Waals surface area (Å²) in [6.07, 6.45) is 9.57. The Morgan fingerprint density at radius 3 is 2.64 bits per heavy atom. The van der Waals surface area contributed by atoms with Crippen LogP contribution in [0.4, 0.5) is 11.4 Å². The van der Waals surface area contributed by atoms with Crippen LogP contribution in [0.3, 0.4) is 0 Å². The highest BCUT2D eigenvalue weighted by atomic mass is 15.2. The first-order valence-electron chi connectivity index (χ1n) is 12.4. The number of rotatable bonds is 6. The average Bonchev–Trinajstić information content (AvgIpc) is 3.37. The van der Waals surface area contributed by atoms with Gasteiger partial charge in [-0.1, -0.05) is 30.4 Å². The van der Waals surface area contributed by atoms with Gasteiger partial charge in [0.1, 0.15) is 6.07 Å². The van der Waals surface area contributed by atoms with Crippen molar-refractivity contribution in [3.05, 3.63) is 88.4 Å². The largest absolute Gasteiger partial charge is 0.361 e. The normalized spacial score (nSPS) is 14.9. The van der Waals surface area contributed by atoms with Crippen LogP contribution in [0.2, 0.25) is 0 Å². The Kier molecular flexibility index (Phi) is 6.86. The molecule has 0 radical (unpaired) electrons. The minimum atomic E-state index is 0.520. The molecule has 0 unspecified atom stereocenters. The summed E-state index contributed by atoms with van der Waals surface area (Å²) in [5.74, 6) is 0. The van der Waals surface area contributed by atoms with E-state index < -0.39 is 0 Å². The molecule has 182 valence electrons. The Labute approximate surface area is 212 Å². The molecule has 0 atom stereocenters. The van der Waals surface area contributed by atoms with Crippen LogP contribution in [0.15, 0.2) is 55.0 Å². The summed E-state index contributed by atoms with van der Waals surface area (Å²) in [4.78, 5) is 12.5. The second kappa shape index (κ2) is 10.4. The Hall–Kier alpha value is -3.92. The van der Waals surface area contributed by atoms with Crippen molar-refractivity contribution in [1.29, 1.82) is 5.26 Å². The molecule has 0 saturated carbocycles. The van der Waals surface area contributed by atoms with Crippen molar-refractivity contribution in [3.63, 3.8) is 0 Å². The SMILES string of the molecule is Cc1ccc(CN2CCN(C)CC2)cc1C=Cc1cncc(C#N)c1Nc1ccc2[nH]ccc2c1C. The van der Waals surface area contributed by atoms with Crippen molar-refractivity contribution in [2.45, 2.75) is 20.4 Å². The van der Waals surface area contributed by atoms with Crippen LogP contribution in [-0.4, -0.2) is 53.0 Å². The lowest BCUT2D eigenvalue weighted by Crippen LogP contribution is -2.43. The molecule has 1 aliphatic heterocycles. The summed E-state index contributed by atoms with van der Waals surface area (Å²) >= 11 is 0. The molecule has 0 spiro atoms. The van der Waals surface area contributed by atoms with Gasteiger partial charge in [0, 0.05) is 73.5 Å². The zero-order valence-electron chi connectivity index (χ0n) is 21.2. The third kappa shape index (κ3) is 5.03. The number of nitrogens with zero attached hydrogens (tertiary/aromatic N) is 4. The summed E-state index contributed by atoms with van der Waals surface area (Å²) in [5.41, 5.74) is 9.11. The molecule has 0 aliphatic carbocycles. The Morgan fingerprint density at radius 2 is 1.83 bits per heavy atom. The van der Waals surface area contributed by atoms with Crippen LogP contribution in [0, 0.1) is 25.2 Å². The number of benzene rings is 2. The van der Waals surface area contributed by atoms with Crippen molar-refractivity contribution in [2.24, 2.45) is 0 Å². The number of aromatic amines is 1. The second-order valence-electron chi connectivity index (χ2n) is 9.67. The fraction of sp³-hybridized carbons (Fsp3) is 0.267. The smallest absolute Gasteiger partial charge is 0.103 e. The van der Waals surface area contributed by atoms with Crippen LogP contribution in [0.25, 0.3) is 23.1 Å². The van der Waals surface area contributed by atoms with E-state index in [9.17, 15) is 5.26 Å². The van der Waals surface area contributed by atoms with Gasteiger partial charge in [-0.25, -0.2) is 0 Å². The third-order valence-corrected chi connectivity index (χ3v) is 7.15. The van der Waals surface area contributed by atoms with Gasteiger partial charge >= 0.3 is 0 Å². The van der Waals surface area contributed by atoms with E-state index >= 15 is 0 Å². The van der Waals surface area contributed by atoms with Gasteiger partial charge < -0.3 is 15.2 Å². The van der Waals surface area contributed by atoms with Gasteiger partial charge in [-0.2, -0.15) is 5.26 Å². The first kappa shape index (κ1) is 23.8. The number of likely N-dealkylation sites (N-methyl/N-ethyl adjacent to an activating group) is 1. The van der Waals surface area contributed by atoms with E-state index in [1.807, 2.05) is 12.4 Å². The molecule has 0 amide bonds. The van der Waals surface area contributed by atoms with E-state index in [0.717, 1.165) is 66.1 Å². The number of nitriles is 1. The van der Waals surface area contributed by atoms with E-state index in [0.29, 0.717) is 5.56 Å². The number of anilines is 2. The number of nitrogens with one attached hydrogen (secondary N) is 2. The van der Waals surface area contributed by atoms with E-state index in [-0.39, 0.29) is 0 Å². The standard InChI is InChI=1S/C30H32N6/c1-21-4-5-23(20-36-14-12-35(3)13-15-36)16-24(21)6-7-25-18-32-19-26(17-31)30(25)34-28-8-9-29-27(22(28)2)10-11-33-29/h4-11,16,18-19,33H,12-15,20H2,1-3H3,(H,32,34). The highest BCUT2D eigenvalue weighted by Gasteiger charge is 2.14. The molecule has 1 saturated heterocycles. The average molecular weight is 477 g/mol. The predicted molar refractivity (Wildman–Crippen MR) is 148 cm³/mol. The molecule has 0 bridgehead atoms. The summed E-state index contributed by atoms with van der Waals surface area (Å²) in [5, 5.41) is 14.5. The van der Waals surface area contributed by atoms with Gasteiger partial charge in [0.05, 0.1) is 11.3 Å². The first-order chi connectivity index (χ1) is 17.5. The number of H-pyrrole nitrogens is 1. The third-order valence-electron chi connectivity index (χ3n) is 7.15. The minimum Gasteiger partial charge on any atom is -0.361 e. The van der Waals surface area contributed by atoms with Crippen LogP contribution in [0.1, 0.15) is 33.4 Å². The number of pyridine rings is 1. The van der Waals surface area contributed by atoms with E-state index in [1.54, 1.807) is 6.20 Å². The predicted octanol–water partition coefficient (Wildman–Crippen LogP) is 5.71. The van der Waals surface area contributed by atoms with Gasteiger partial charge in [-0.15, -0.1) is 0 Å². The van der Waals surface area contributed by atoms with Crippen LogP contribution < -0.4 is 5.32 Å². The van der Waals surface area contributed by atoms with Crippen LogP contribution in [-0.2, 0) is 6.54 Å². The fourth-order valence-electron chi connectivity index (χ4n) is 4.79. The van der Waals surface area contributed by atoms with Gasteiger partial charge in [-0.3, -0.25) is 9.88 Å². The van der Waals surface area contributed by atoms with E-state index in [1.165, 1.54) is 16.7 Å². The molecular formula is C30H32N6. The van der Waals surface area contributed by atoms with Crippen molar-refractivity contribution < 1.29 is 0 Å². The monoisotopic (exact) mass is 476 g/mol. The number of aromatic nitrogens is 2. The number of hydrogen-bond donors (Lipinski definition) is 2. The minimum absolute atomic E-state index is 0.520. The van der Waals surface area contributed by atoms with Gasteiger partial charge in [0.25, 0.3) is 0 Å². The molecule has 1 fully saturated rings. The maximum atomic E-state index is 9.80. The fourth-order valence-corrected chi connectivity index (χ4v) is 4.79. The molecule has 1 aliphatic rings. The Bertz CT molecular complexity index is 1450. The van der Waals surface area contributed by atoms with Crippen molar-refractivity contribution >= 4 is 34.4 Å². The molecule has 5 rings (SSSR count). The molecular weight excluding hydrogens is 444 g/mol. The molecule has 6 nitrogen and oxygen atoms in total. The molecule has 2 aromatic carbocycles. The highest BCUT2D eigenvalue weighted by Crippen LogP contribution is 2.31. The highest BCUT2D eigenvalue weighted by molar-refractivity contribution is 5.90. The summed E-state index contributed by atoms with van der Waals surface area (Å²) < 4.78 is 0. The van der Waals surface area contributed by atoms with Gasteiger partial charge in [-0.05, 0) is 61.3 Å². The maximum absolute atomic E-state index is 9.80. The number of aryl methyl sites for hydroxylation is 2. The van der Waals surface area contributed by atoms with Crippen molar-refractivity contribution in [1.82, 2.24) is 19.8 Å². The molecule has 2 aromatic heterocycles. The number of piperazine rings is 1. The van der Waals surface area contributed by atoms with Crippen LogP contribution in [0.5, 0.6) is 0 Å². The summed E-state index contributed by atoms with van der Waals surface area (Å²) in [7, 11) is 2.19. The molecule has 3 heterocycles. The second-order valence-corrected chi connectivity index (χ2v) is 9.67. The van der Waals surface area contributed by atoms with Gasteiger partial charge in [0.2, 0.25) is 0 Å². The lowest BCUT2D eigenvalue weighted by Gasteiger charge is -2.32. The Balaban J connectivity index is 1.42. The quantitative estimate of drug-likeness (QED) is 0.373. The molecule has 2 N–H and O–H groups in total. The molecule has 4 aromatic rings. The number of fused-ring (bicyclic) bond motifs is 1. The lowest BCUT2D eigenvalue weighted by molar-refractivity contribution is 0.148. The zero-order valence-corrected chi connectivity index (χ0v) is 21.2. The van der Waals surface area contributed by atoms with E-state index in [2.05, 4.69) is 101 Å². The van der Waals surface area contributed by atoms with Crippen LogP contribution >= 0.6 is 0 Å². The van der Waals surface area contributed by atoms with E-state index in [4.69, 9.17) is 0 Å². The maximum Gasteiger partial charge on any atom is 0.103 e. The summed E-state index contributed by atoms with van der Waals surface area (Å²) in [6.45, 7) is 9.64. The molecule has 6 heteroatoms. The zero-order chi connectivity index (χ0) is 25.1. The van der Waals surface area contributed by atoms with Crippen molar-refractivity contribution in [2.75, 3.05) is 38.5 Å². The lowest BCUT2D eigenvalue weighted by atomic mass is 10.0. The van der Waals surface area contributed by atoms with Gasteiger partial charge in [0.15, 0.2) is 0 Å². The Morgan fingerprint density at radius 1 is 1.03 bits per heavy atom. The van der Waals surface area contributed by atoms with Crippen molar-refractivity contribution in [3.8, 4) is 6.07 Å². The summed E-state index contributed by atoms with van der Waals surface area (Å²) in [6, 6.07) is 15.2. The number of hydrogen-bond acceptors (Lipinski definition) is 5. The topological polar surface area (TPSA) is 71.0 Å².